The summed E-state index contributed by atoms with van der Waals surface area (Å²) in [6.07, 6.45) is 0. The number of nitrogens with one attached hydrogen (secondary N) is 3. The van der Waals surface area contributed by atoms with Crippen molar-refractivity contribution in [3.05, 3.63) is 94.5 Å². The molecule has 224 valence electrons. The van der Waals surface area contributed by atoms with E-state index < -0.39 is 5.97 Å². The topological polar surface area (TPSA) is 112 Å². The molecular formula is C33H37N5O5. The molecule has 0 aromatic heterocycles. The lowest BCUT2D eigenvalue weighted by atomic mass is 9.96. The van der Waals surface area contributed by atoms with Crippen LogP contribution in [-0.2, 0) is 14.4 Å². The second-order valence-electron chi connectivity index (χ2n) is 10.8. The predicted octanol–water partition coefficient (Wildman–Crippen LogP) is 4.01. The van der Waals surface area contributed by atoms with E-state index in [9.17, 15) is 14.4 Å². The summed E-state index contributed by atoms with van der Waals surface area (Å²) >= 11 is 0. The van der Waals surface area contributed by atoms with Gasteiger partial charge in [-0.15, -0.1) is 0 Å². The van der Waals surface area contributed by atoms with Crippen molar-refractivity contribution in [2.75, 3.05) is 57.6 Å². The maximum atomic E-state index is 13.3. The summed E-state index contributed by atoms with van der Waals surface area (Å²) in [7, 11) is 2.95. The zero-order chi connectivity index (χ0) is 30.5. The lowest BCUT2D eigenvalue weighted by Crippen LogP contribution is -2.50. The van der Waals surface area contributed by atoms with Gasteiger partial charge in [-0.3, -0.25) is 19.3 Å². The summed E-state index contributed by atoms with van der Waals surface area (Å²) in [6.45, 7) is 8.01. The number of aryl methyl sites for hydroxylation is 1. The summed E-state index contributed by atoms with van der Waals surface area (Å²) in [6, 6.07) is 20.5. The van der Waals surface area contributed by atoms with Crippen LogP contribution in [0.25, 0.3) is 11.3 Å². The van der Waals surface area contributed by atoms with E-state index in [-0.39, 0.29) is 11.8 Å². The Bertz CT molecular complexity index is 1540. The molecule has 3 aromatic rings. The molecule has 0 radical (unpaired) electrons. The number of hydroxylamine groups is 2. The van der Waals surface area contributed by atoms with Crippen LogP contribution in [-0.4, -0.2) is 80.7 Å². The molecule has 3 aromatic carbocycles. The fraction of sp³-hybridized carbons (Fsp3) is 0.303. The number of piperazine rings is 1. The second kappa shape index (κ2) is 13.2. The van der Waals surface area contributed by atoms with Gasteiger partial charge in [-0.05, 0) is 61.4 Å². The molecule has 10 heteroatoms. The van der Waals surface area contributed by atoms with Crippen LogP contribution in [0.5, 0.6) is 0 Å². The highest BCUT2D eigenvalue weighted by Crippen LogP contribution is 2.39. The fourth-order valence-corrected chi connectivity index (χ4v) is 5.39. The minimum Gasteiger partial charge on any atom is -0.465 e. The number of carbonyl (C=O) groups excluding carboxylic acids is 3. The van der Waals surface area contributed by atoms with E-state index >= 15 is 0 Å². The quantitative estimate of drug-likeness (QED) is 0.197. The molecule has 0 saturated carbocycles. The van der Waals surface area contributed by atoms with Crippen LogP contribution in [0.4, 0.5) is 11.4 Å². The van der Waals surface area contributed by atoms with Gasteiger partial charge in [-0.1, -0.05) is 30.3 Å². The Hall–Kier alpha value is -4.51. The maximum absolute atomic E-state index is 13.3. The number of esters is 1. The molecule has 0 aliphatic carbocycles. The molecule has 0 spiro atoms. The van der Waals surface area contributed by atoms with Gasteiger partial charge in [0.15, 0.2) is 0 Å². The standard InChI is InChI=1S/C33H37N5O5/c1-21-18-27-28(19-26(21)33(41)42-4)36-31(39)29(27)30(23-8-6-5-7-9-23)35-25-12-10-24(11-13-25)32(40)37(3)43-17-16-38-15-14-34-22(2)20-38/h5-13,18-19,22,34-35H,14-17,20H2,1-4H3,(H,36,39)/b30-29-/t22-/m1/s1. The lowest BCUT2D eigenvalue weighted by Gasteiger charge is -2.31. The van der Waals surface area contributed by atoms with Crippen LogP contribution in [0.15, 0.2) is 66.7 Å². The lowest BCUT2D eigenvalue weighted by molar-refractivity contribution is -0.110. The number of fused-ring (bicyclic) bond motifs is 1. The number of amides is 2. The van der Waals surface area contributed by atoms with Crippen LogP contribution in [0.3, 0.4) is 0 Å². The van der Waals surface area contributed by atoms with E-state index in [1.807, 2.05) is 43.3 Å². The number of nitrogens with zero attached hydrogens (tertiary/aromatic N) is 2. The summed E-state index contributed by atoms with van der Waals surface area (Å²) in [5.74, 6) is -1.00. The number of benzene rings is 3. The molecule has 1 saturated heterocycles. The highest BCUT2D eigenvalue weighted by atomic mass is 16.7. The molecule has 43 heavy (non-hydrogen) atoms. The normalized spacial score (nSPS) is 17.6. The van der Waals surface area contributed by atoms with E-state index in [0.717, 1.165) is 31.7 Å². The van der Waals surface area contributed by atoms with E-state index in [0.29, 0.717) is 57.5 Å². The first-order chi connectivity index (χ1) is 20.7. The number of methoxy groups -OCH3 is 1. The van der Waals surface area contributed by atoms with Gasteiger partial charge in [0.05, 0.1) is 36.2 Å². The monoisotopic (exact) mass is 583 g/mol. The van der Waals surface area contributed by atoms with Crippen molar-refractivity contribution in [2.24, 2.45) is 0 Å². The van der Waals surface area contributed by atoms with Gasteiger partial charge < -0.3 is 20.7 Å². The van der Waals surface area contributed by atoms with Crippen LogP contribution < -0.4 is 16.0 Å². The largest absolute Gasteiger partial charge is 0.465 e. The number of ether oxygens (including phenoxy) is 1. The summed E-state index contributed by atoms with van der Waals surface area (Å²) in [5.41, 5.74) is 5.35. The minimum atomic E-state index is -0.465. The summed E-state index contributed by atoms with van der Waals surface area (Å²) in [4.78, 5) is 46.6. The average molecular weight is 584 g/mol. The minimum absolute atomic E-state index is 0.247. The smallest absolute Gasteiger partial charge is 0.338 e. The van der Waals surface area contributed by atoms with E-state index in [4.69, 9.17) is 9.57 Å². The van der Waals surface area contributed by atoms with Crippen LogP contribution in [0.1, 0.15) is 44.3 Å². The average Bonchev–Trinajstić information content (AvgIpc) is 3.33. The number of anilines is 2. The molecule has 0 bridgehead atoms. The van der Waals surface area contributed by atoms with Gasteiger partial charge >= 0.3 is 5.97 Å². The molecule has 5 rings (SSSR count). The first kappa shape index (κ1) is 30.0. The molecular weight excluding hydrogens is 546 g/mol. The number of hydrogen-bond acceptors (Lipinski definition) is 8. The highest BCUT2D eigenvalue weighted by Gasteiger charge is 2.30. The Morgan fingerprint density at radius 3 is 2.51 bits per heavy atom. The molecule has 2 amide bonds. The molecule has 0 unspecified atom stereocenters. The van der Waals surface area contributed by atoms with Crippen LogP contribution in [0, 0.1) is 6.92 Å². The third-order valence-corrected chi connectivity index (χ3v) is 7.66. The van der Waals surface area contributed by atoms with Gasteiger partial charge in [0.2, 0.25) is 0 Å². The zero-order valence-corrected chi connectivity index (χ0v) is 24.9. The van der Waals surface area contributed by atoms with Crippen LogP contribution >= 0.6 is 0 Å². The Kier molecular flexibility index (Phi) is 9.20. The van der Waals surface area contributed by atoms with E-state index in [1.54, 1.807) is 37.4 Å². The van der Waals surface area contributed by atoms with Gasteiger partial charge in [-0.2, -0.15) is 0 Å². The second-order valence-corrected chi connectivity index (χ2v) is 10.8. The van der Waals surface area contributed by atoms with Crippen molar-refractivity contribution in [3.8, 4) is 0 Å². The Balaban J connectivity index is 1.35. The van der Waals surface area contributed by atoms with Crippen molar-refractivity contribution in [2.45, 2.75) is 19.9 Å². The Morgan fingerprint density at radius 1 is 1.07 bits per heavy atom. The SMILES string of the molecule is COC(=O)c1cc2c(cc1C)/C(=C(/Nc1ccc(C(=O)N(C)OCCN3CCN[C@H](C)C3)cc1)c1ccccc1)C(=O)N2. The highest BCUT2D eigenvalue weighted by molar-refractivity contribution is 6.37. The van der Waals surface area contributed by atoms with Crippen LogP contribution in [0.2, 0.25) is 0 Å². The van der Waals surface area contributed by atoms with Crippen molar-refractivity contribution in [1.29, 1.82) is 0 Å². The number of hydrogen-bond donors (Lipinski definition) is 3. The molecule has 1 atom stereocenters. The third kappa shape index (κ3) is 6.77. The zero-order valence-electron chi connectivity index (χ0n) is 24.9. The van der Waals surface area contributed by atoms with Gasteiger partial charge in [0.25, 0.3) is 11.8 Å². The predicted molar refractivity (Wildman–Crippen MR) is 166 cm³/mol. The van der Waals surface area contributed by atoms with Crippen molar-refractivity contribution >= 4 is 40.4 Å². The van der Waals surface area contributed by atoms with Crippen molar-refractivity contribution < 1.29 is 24.0 Å². The Labute approximate surface area is 251 Å². The van der Waals surface area contributed by atoms with Gasteiger partial charge in [0, 0.05) is 56.1 Å². The molecule has 2 heterocycles. The molecule has 2 aliphatic rings. The molecule has 10 nitrogen and oxygen atoms in total. The number of carbonyl (C=O) groups is 3. The third-order valence-electron chi connectivity index (χ3n) is 7.66. The summed E-state index contributed by atoms with van der Waals surface area (Å²) < 4.78 is 4.90. The van der Waals surface area contributed by atoms with Crippen molar-refractivity contribution in [3.63, 3.8) is 0 Å². The van der Waals surface area contributed by atoms with Gasteiger partial charge in [-0.25, -0.2) is 9.86 Å². The fourth-order valence-electron chi connectivity index (χ4n) is 5.39. The molecule has 3 N–H and O–H groups in total. The molecule has 1 fully saturated rings. The first-order valence-electron chi connectivity index (χ1n) is 14.3. The Morgan fingerprint density at radius 2 is 1.81 bits per heavy atom. The van der Waals surface area contributed by atoms with Gasteiger partial charge in [0.1, 0.15) is 0 Å². The first-order valence-corrected chi connectivity index (χ1v) is 14.3. The molecule has 2 aliphatic heterocycles. The van der Waals surface area contributed by atoms with E-state index in [2.05, 4.69) is 27.8 Å². The number of rotatable bonds is 9. The summed E-state index contributed by atoms with van der Waals surface area (Å²) in [5, 5.41) is 11.0. The van der Waals surface area contributed by atoms with E-state index in [1.165, 1.54) is 12.2 Å². The maximum Gasteiger partial charge on any atom is 0.338 e. The van der Waals surface area contributed by atoms with Crippen molar-refractivity contribution in [1.82, 2.24) is 15.3 Å².